The standard InChI is InChI=1S/C17H35N3/c1-2-18-11-7-4-8-12-19-13-15-20(16-14-19)17-9-5-3-6-10-17/h17-18H,2-16H2,1H3. The third kappa shape index (κ3) is 5.71. The summed E-state index contributed by atoms with van der Waals surface area (Å²) in [6.45, 7) is 11.1. The molecule has 2 rings (SSSR count). The fraction of sp³-hybridized carbons (Fsp3) is 1.00. The second-order valence-electron chi connectivity index (χ2n) is 6.58. The van der Waals surface area contributed by atoms with Gasteiger partial charge in [-0.15, -0.1) is 0 Å². The quantitative estimate of drug-likeness (QED) is 0.690. The van der Waals surface area contributed by atoms with Crippen LogP contribution in [0.25, 0.3) is 0 Å². The summed E-state index contributed by atoms with van der Waals surface area (Å²) in [6.07, 6.45) is 11.5. The van der Waals surface area contributed by atoms with Crippen molar-refractivity contribution in [1.29, 1.82) is 0 Å². The van der Waals surface area contributed by atoms with E-state index in [4.69, 9.17) is 0 Å². The molecule has 0 aromatic carbocycles. The first-order chi connectivity index (χ1) is 9.90. The van der Waals surface area contributed by atoms with Gasteiger partial charge in [0.25, 0.3) is 0 Å². The van der Waals surface area contributed by atoms with E-state index >= 15 is 0 Å². The number of rotatable bonds is 8. The van der Waals surface area contributed by atoms with Crippen LogP contribution in [0.4, 0.5) is 0 Å². The number of nitrogens with zero attached hydrogens (tertiary/aromatic N) is 2. The van der Waals surface area contributed by atoms with Crippen LogP contribution in [0.15, 0.2) is 0 Å². The molecule has 1 aliphatic heterocycles. The monoisotopic (exact) mass is 281 g/mol. The van der Waals surface area contributed by atoms with Crippen molar-refractivity contribution in [3.05, 3.63) is 0 Å². The van der Waals surface area contributed by atoms with Gasteiger partial charge in [-0.3, -0.25) is 4.90 Å². The van der Waals surface area contributed by atoms with Crippen LogP contribution in [0.5, 0.6) is 0 Å². The fourth-order valence-electron chi connectivity index (χ4n) is 3.74. The first-order valence-corrected chi connectivity index (χ1v) is 9.07. The minimum absolute atomic E-state index is 0.922. The van der Waals surface area contributed by atoms with Gasteiger partial charge in [0.1, 0.15) is 0 Å². The predicted octanol–water partition coefficient (Wildman–Crippen LogP) is 2.72. The Hall–Kier alpha value is -0.120. The maximum atomic E-state index is 3.41. The Kier molecular flexibility index (Phi) is 7.92. The van der Waals surface area contributed by atoms with Gasteiger partial charge in [0, 0.05) is 32.2 Å². The van der Waals surface area contributed by atoms with Crippen LogP contribution in [-0.4, -0.2) is 61.7 Å². The van der Waals surface area contributed by atoms with Crippen LogP contribution in [0.1, 0.15) is 58.3 Å². The van der Waals surface area contributed by atoms with Crippen molar-refractivity contribution in [1.82, 2.24) is 15.1 Å². The zero-order chi connectivity index (χ0) is 14.0. The number of hydrogen-bond donors (Lipinski definition) is 1. The zero-order valence-electron chi connectivity index (χ0n) is 13.6. The molecule has 1 aliphatic carbocycles. The summed E-state index contributed by atoms with van der Waals surface area (Å²) in [5, 5.41) is 3.41. The molecule has 0 aromatic rings. The van der Waals surface area contributed by atoms with E-state index in [-0.39, 0.29) is 0 Å². The average molecular weight is 281 g/mol. The van der Waals surface area contributed by atoms with E-state index in [2.05, 4.69) is 22.0 Å². The van der Waals surface area contributed by atoms with Gasteiger partial charge in [-0.25, -0.2) is 0 Å². The third-order valence-electron chi connectivity index (χ3n) is 5.08. The first-order valence-electron chi connectivity index (χ1n) is 9.07. The van der Waals surface area contributed by atoms with Crippen LogP contribution in [0, 0.1) is 0 Å². The van der Waals surface area contributed by atoms with E-state index in [0.717, 1.165) is 12.6 Å². The van der Waals surface area contributed by atoms with Gasteiger partial charge in [-0.1, -0.05) is 32.6 Å². The summed E-state index contributed by atoms with van der Waals surface area (Å²) in [5.41, 5.74) is 0. The predicted molar refractivity (Wildman–Crippen MR) is 87.3 cm³/mol. The van der Waals surface area contributed by atoms with Crippen molar-refractivity contribution in [3.8, 4) is 0 Å². The lowest BCUT2D eigenvalue weighted by Gasteiger charge is -2.40. The van der Waals surface area contributed by atoms with E-state index in [1.165, 1.54) is 90.6 Å². The molecule has 0 radical (unpaired) electrons. The normalized spacial score (nSPS) is 23.2. The van der Waals surface area contributed by atoms with Gasteiger partial charge < -0.3 is 10.2 Å². The lowest BCUT2D eigenvalue weighted by Crippen LogP contribution is -2.50. The SMILES string of the molecule is CCNCCCCCN1CCN(C2CCCCC2)CC1. The average Bonchev–Trinajstić information content (AvgIpc) is 2.52. The zero-order valence-corrected chi connectivity index (χ0v) is 13.6. The van der Waals surface area contributed by atoms with Gasteiger partial charge in [0.15, 0.2) is 0 Å². The summed E-state index contributed by atoms with van der Waals surface area (Å²) in [7, 11) is 0. The van der Waals surface area contributed by atoms with Crippen molar-refractivity contribution in [3.63, 3.8) is 0 Å². The molecule has 1 N–H and O–H groups in total. The number of nitrogens with one attached hydrogen (secondary N) is 1. The topological polar surface area (TPSA) is 18.5 Å². The molecule has 2 fully saturated rings. The second kappa shape index (κ2) is 9.75. The summed E-state index contributed by atoms with van der Waals surface area (Å²) in [5.74, 6) is 0. The number of piperazine rings is 1. The Balaban J connectivity index is 1.50. The molecule has 0 bridgehead atoms. The molecule has 2 aliphatic rings. The Morgan fingerprint density at radius 1 is 0.900 bits per heavy atom. The highest BCUT2D eigenvalue weighted by Crippen LogP contribution is 2.23. The van der Waals surface area contributed by atoms with Crippen LogP contribution >= 0.6 is 0 Å². The van der Waals surface area contributed by atoms with Gasteiger partial charge in [-0.05, 0) is 45.3 Å². The van der Waals surface area contributed by atoms with Gasteiger partial charge >= 0.3 is 0 Å². The van der Waals surface area contributed by atoms with E-state index in [0.29, 0.717) is 0 Å². The van der Waals surface area contributed by atoms with E-state index in [1.807, 2.05) is 0 Å². The lowest BCUT2D eigenvalue weighted by atomic mass is 9.94. The smallest absolute Gasteiger partial charge is 0.0113 e. The van der Waals surface area contributed by atoms with E-state index in [1.54, 1.807) is 0 Å². The highest BCUT2D eigenvalue weighted by molar-refractivity contribution is 4.80. The van der Waals surface area contributed by atoms with Crippen LogP contribution < -0.4 is 5.32 Å². The highest BCUT2D eigenvalue weighted by atomic mass is 15.3. The molecule has 1 heterocycles. The summed E-state index contributed by atoms with van der Waals surface area (Å²) in [6, 6.07) is 0.922. The number of unbranched alkanes of at least 4 members (excludes halogenated alkanes) is 2. The maximum absolute atomic E-state index is 3.41. The van der Waals surface area contributed by atoms with Crippen molar-refractivity contribution in [2.45, 2.75) is 64.3 Å². The van der Waals surface area contributed by atoms with Gasteiger partial charge in [0.05, 0.1) is 0 Å². The molecule has 1 saturated carbocycles. The molecule has 20 heavy (non-hydrogen) atoms. The Morgan fingerprint density at radius 3 is 2.35 bits per heavy atom. The molecule has 1 saturated heterocycles. The summed E-state index contributed by atoms with van der Waals surface area (Å²) in [4.78, 5) is 5.47. The molecule has 0 aromatic heterocycles. The fourth-order valence-corrected chi connectivity index (χ4v) is 3.74. The van der Waals surface area contributed by atoms with Crippen molar-refractivity contribution >= 4 is 0 Å². The van der Waals surface area contributed by atoms with Crippen molar-refractivity contribution < 1.29 is 0 Å². The minimum Gasteiger partial charge on any atom is -0.317 e. The van der Waals surface area contributed by atoms with Crippen LogP contribution in [-0.2, 0) is 0 Å². The van der Waals surface area contributed by atoms with Crippen LogP contribution in [0.3, 0.4) is 0 Å². The second-order valence-corrected chi connectivity index (χ2v) is 6.58. The van der Waals surface area contributed by atoms with E-state index < -0.39 is 0 Å². The number of hydrogen-bond acceptors (Lipinski definition) is 3. The highest BCUT2D eigenvalue weighted by Gasteiger charge is 2.24. The minimum atomic E-state index is 0.922. The lowest BCUT2D eigenvalue weighted by molar-refractivity contribution is 0.0781. The third-order valence-corrected chi connectivity index (χ3v) is 5.08. The molecule has 3 nitrogen and oxygen atoms in total. The summed E-state index contributed by atoms with van der Waals surface area (Å²) < 4.78 is 0. The molecule has 3 heteroatoms. The summed E-state index contributed by atoms with van der Waals surface area (Å²) >= 11 is 0. The van der Waals surface area contributed by atoms with E-state index in [9.17, 15) is 0 Å². The molecule has 0 amide bonds. The van der Waals surface area contributed by atoms with Crippen LogP contribution in [0.2, 0.25) is 0 Å². The largest absolute Gasteiger partial charge is 0.317 e. The maximum Gasteiger partial charge on any atom is 0.0113 e. The molecule has 0 unspecified atom stereocenters. The molecular formula is C17H35N3. The molecular weight excluding hydrogens is 246 g/mol. The Labute approximate surface area is 126 Å². The molecule has 0 spiro atoms. The first kappa shape index (κ1) is 16.3. The van der Waals surface area contributed by atoms with Gasteiger partial charge in [-0.2, -0.15) is 0 Å². The Bertz CT molecular complexity index is 230. The molecule has 118 valence electrons. The van der Waals surface area contributed by atoms with Crippen molar-refractivity contribution in [2.24, 2.45) is 0 Å². The van der Waals surface area contributed by atoms with Gasteiger partial charge in [0.2, 0.25) is 0 Å². The van der Waals surface area contributed by atoms with Crippen molar-refractivity contribution in [2.75, 3.05) is 45.8 Å². The Morgan fingerprint density at radius 2 is 1.65 bits per heavy atom. The molecule has 0 atom stereocenters.